The van der Waals surface area contributed by atoms with E-state index < -0.39 is 5.54 Å². The summed E-state index contributed by atoms with van der Waals surface area (Å²) < 4.78 is 13.2. The minimum absolute atomic E-state index is 0.219. The number of aryl methyl sites for hydroxylation is 1. The molecule has 3 heterocycles. The number of nitrogens with one attached hydrogen (secondary N) is 3. The summed E-state index contributed by atoms with van der Waals surface area (Å²) in [6.45, 7) is 3.42. The molecule has 0 unspecified atom stereocenters. The second-order valence-electron chi connectivity index (χ2n) is 8.07. The zero-order valence-corrected chi connectivity index (χ0v) is 17.7. The fraction of sp³-hybridized carbons (Fsp3) is 0.304. The fourth-order valence-electron chi connectivity index (χ4n) is 3.94. The Hall–Kier alpha value is -3.93. The molecule has 1 fully saturated rings. The maximum atomic E-state index is 13.2. The number of carbonyl (C=O) groups is 1. The van der Waals surface area contributed by atoms with Gasteiger partial charge in [-0.3, -0.25) is 14.9 Å². The van der Waals surface area contributed by atoms with Crippen molar-refractivity contribution >= 4 is 23.1 Å². The quantitative estimate of drug-likeness (QED) is 0.547. The molecule has 0 atom stereocenters. The van der Waals surface area contributed by atoms with E-state index in [1.54, 1.807) is 12.1 Å². The van der Waals surface area contributed by atoms with Crippen molar-refractivity contribution < 1.29 is 9.18 Å². The maximum Gasteiger partial charge on any atom is 0.257 e. The van der Waals surface area contributed by atoms with Crippen LogP contribution in [-0.4, -0.2) is 39.7 Å². The standard InChI is InChI=1S/C23H24FN7O/c1-16-12-19(14-26-13-16)31-10-7-23(6-9-25,8-11-31)29-22(32)20-15-27-30-21(20)28-18-4-2-17(24)3-5-18/h2-5,12-15H,6-8,10-11H2,1H3,(H,29,32)(H2,27,28,30). The molecule has 164 valence electrons. The van der Waals surface area contributed by atoms with Gasteiger partial charge < -0.3 is 15.5 Å². The van der Waals surface area contributed by atoms with E-state index in [0.717, 1.165) is 11.3 Å². The average molecular weight is 433 g/mol. The fourth-order valence-corrected chi connectivity index (χ4v) is 3.94. The Morgan fingerprint density at radius 2 is 2.00 bits per heavy atom. The van der Waals surface area contributed by atoms with Gasteiger partial charge in [0.05, 0.1) is 36.1 Å². The molecule has 0 bridgehead atoms. The van der Waals surface area contributed by atoms with E-state index in [9.17, 15) is 14.4 Å². The summed E-state index contributed by atoms with van der Waals surface area (Å²) in [7, 11) is 0. The van der Waals surface area contributed by atoms with Crippen LogP contribution in [0.5, 0.6) is 0 Å². The van der Waals surface area contributed by atoms with Crippen LogP contribution in [0, 0.1) is 24.1 Å². The maximum absolute atomic E-state index is 13.2. The lowest BCUT2D eigenvalue weighted by Gasteiger charge is -2.42. The summed E-state index contributed by atoms with van der Waals surface area (Å²) in [6, 6.07) is 10.1. The Morgan fingerprint density at radius 3 is 2.69 bits per heavy atom. The van der Waals surface area contributed by atoms with Gasteiger partial charge in [0.2, 0.25) is 0 Å². The van der Waals surface area contributed by atoms with E-state index in [-0.39, 0.29) is 18.1 Å². The van der Waals surface area contributed by atoms with Crippen LogP contribution >= 0.6 is 0 Å². The summed E-state index contributed by atoms with van der Waals surface area (Å²) in [6.07, 6.45) is 6.58. The van der Waals surface area contributed by atoms with E-state index in [4.69, 9.17) is 0 Å². The number of pyridine rings is 1. The van der Waals surface area contributed by atoms with Crippen LogP contribution in [0.2, 0.25) is 0 Å². The van der Waals surface area contributed by atoms with E-state index in [1.807, 2.05) is 19.3 Å². The van der Waals surface area contributed by atoms with Crippen LogP contribution in [-0.2, 0) is 0 Å². The molecule has 0 aliphatic carbocycles. The number of nitrogens with zero attached hydrogens (tertiary/aromatic N) is 4. The number of nitriles is 1. The van der Waals surface area contributed by atoms with Gasteiger partial charge in [-0.25, -0.2) is 4.39 Å². The SMILES string of the molecule is Cc1cncc(N2CCC(CC#N)(NC(=O)c3cn[nH]c3Nc3ccc(F)cc3)CC2)c1. The van der Waals surface area contributed by atoms with Gasteiger partial charge in [0.1, 0.15) is 17.2 Å². The van der Waals surface area contributed by atoms with E-state index in [1.165, 1.54) is 18.3 Å². The number of aromatic amines is 1. The van der Waals surface area contributed by atoms with E-state index in [0.29, 0.717) is 43.0 Å². The van der Waals surface area contributed by atoms with Crippen molar-refractivity contribution in [1.82, 2.24) is 20.5 Å². The van der Waals surface area contributed by atoms with Gasteiger partial charge in [-0.2, -0.15) is 10.4 Å². The molecule has 8 nitrogen and oxygen atoms in total. The molecule has 1 saturated heterocycles. The summed E-state index contributed by atoms with van der Waals surface area (Å²) in [5, 5.41) is 22.3. The Morgan fingerprint density at radius 1 is 1.25 bits per heavy atom. The number of hydrogen-bond donors (Lipinski definition) is 3. The zero-order chi connectivity index (χ0) is 22.6. The Kier molecular flexibility index (Phi) is 6.03. The molecule has 1 aliphatic rings. The first-order chi connectivity index (χ1) is 15.5. The zero-order valence-electron chi connectivity index (χ0n) is 17.7. The van der Waals surface area contributed by atoms with Crippen LogP contribution in [0.25, 0.3) is 0 Å². The van der Waals surface area contributed by atoms with Crippen LogP contribution in [0.3, 0.4) is 0 Å². The molecule has 0 saturated carbocycles. The second-order valence-corrected chi connectivity index (χ2v) is 8.07. The summed E-state index contributed by atoms with van der Waals surface area (Å²) in [4.78, 5) is 19.6. The van der Waals surface area contributed by atoms with Crippen molar-refractivity contribution in [2.75, 3.05) is 23.3 Å². The van der Waals surface area contributed by atoms with Crippen LogP contribution in [0.1, 0.15) is 35.2 Å². The highest BCUT2D eigenvalue weighted by atomic mass is 19.1. The Labute approximate surface area is 185 Å². The van der Waals surface area contributed by atoms with Crippen molar-refractivity contribution in [2.45, 2.75) is 31.7 Å². The molecular weight excluding hydrogens is 409 g/mol. The first-order valence-electron chi connectivity index (χ1n) is 10.4. The van der Waals surface area contributed by atoms with Gasteiger partial charge in [0.25, 0.3) is 5.91 Å². The molecule has 32 heavy (non-hydrogen) atoms. The highest BCUT2D eigenvalue weighted by molar-refractivity contribution is 5.99. The summed E-state index contributed by atoms with van der Waals surface area (Å²) >= 11 is 0. The lowest BCUT2D eigenvalue weighted by Crippen LogP contribution is -2.55. The summed E-state index contributed by atoms with van der Waals surface area (Å²) in [5.41, 5.74) is 2.46. The average Bonchev–Trinajstić information content (AvgIpc) is 3.24. The smallest absolute Gasteiger partial charge is 0.257 e. The number of benzene rings is 1. The molecular formula is C23H24FN7O. The predicted molar refractivity (Wildman–Crippen MR) is 119 cm³/mol. The lowest BCUT2D eigenvalue weighted by atomic mass is 9.84. The van der Waals surface area contributed by atoms with Crippen molar-refractivity contribution in [1.29, 1.82) is 5.26 Å². The van der Waals surface area contributed by atoms with Crippen LogP contribution in [0.15, 0.2) is 48.9 Å². The largest absolute Gasteiger partial charge is 0.370 e. The lowest BCUT2D eigenvalue weighted by molar-refractivity contribution is 0.0883. The Bertz CT molecular complexity index is 1130. The number of hydrogen-bond acceptors (Lipinski definition) is 6. The van der Waals surface area contributed by atoms with E-state index >= 15 is 0 Å². The number of rotatable bonds is 6. The predicted octanol–water partition coefficient (Wildman–Crippen LogP) is 3.68. The molecule has 9 heteroatoms. The second kappa shape index (κ2) is 9.06. The highest BCUT2D eigenvalue weighted by Crippen LogP contribution is 2.30. The van der Waals surface area contributed by atoms with Gasteiger partial charge in [-0.15, -0.1) is 0 Å². The van der Waals surface area contributed by atoms with Gasteiger partial charge in [0.15, 0.2) is 0 Å². The third-order valence-electron chi connectivity index (χ3n) is 5.74. The molecule has 0 spiro atoms. The molecule has 3 N–H and O–H groups in total. The number of H-pyrrole nitrogens is 1. The monoisotopic (exact) mass is 433 g/mol. The number of aromatic nitrogens is 3. The number of halogens is 1. The number of anilines is 3. The van der Waals surface area contributed by atoms with Gasteiger partial charge in [-0.05, 0) is 55.7 Å². The van der Waals surface area contributed by atoms with Gasteiger partial charge >= 0.3 is 0 Å². The van der Waals surface area contributed by atoms with Gasteiger partial charge in [-0.1, -0.05) is 0 Å². The first-order valence-corrected chi connectivity index (χ1v) is 10.4. The topological polar surface area (TPSA) is 110 Å². The normalized spacial score (nSPS) is 15.1. The molecule has 4 rings (SSSR count). The van der Waals surface area contributed by atoms with Crippen molar-refractivity contribution in [3.05, 3.63) is 65.9 Å². The number of amides is 1. The molecule has 1 aliphatic heterocycles. The number of carbonyl (C=O) groups excluding carboxylic acids is 1. The third-order valence-corrected chi connectivity index (χ3v) is 5.74. The van der Waals surface area contributed by atoms with Crippen molar-refractivity contribution in [3.8, 4) is 6.07 Å². The third kappa shape index (κ3) is 4.70. The van der Waals surface area contributed by atoms with Crippen LogP contribution in [0.4, 0.5) is 21.6 Å². The van der Waals surface area contributed by atoms with Crippen molar-refractivity contribution in [3.63, 3.8) is 0 Å². The van der Waals surface area contributed by atoms with Crippen LogP contribution < -0.4 is 15.5 Å². The van der Waals surface area contributed by atoms with Crippen molar-refractivity contribution in [2.24, 2.45) is 0 Å². The highest BCUT2D eigenvalue weighted by Gasteiger charge is 2.37. The molecule has 2 aromatic heterocycles. The minimum atomic E-state index is -0.621. The molecule has 1 aromatic carbocycles. The molecule has 0 radical (unpaired) electrons. The van der Waals surface area contributed by atoms with Gasteiger partial charge in [0, 0.05) is 25.0 Å². The van der Waals surface area contributed by atoms with E-state index in [2.05, 4.69) is 42.9 Å². The molecule has 3 aromatic rings. The Balaban J connectivity index is 1.46. The minimum Gasteiger partial charge on any atom is -0.370 e. The molecule has 1 amide bonds. The first kappa shape index (κ1) is 21.3. The number of piperidine rings is 1. The summed E-state index contributed by atoms with van der Waals surface area (Å²) in [5.74, 6) is -0.252.